The van der Waals surface area contributed by atoms with Crippen LogP contribution < -0.4 is 0 Å². The minimum absolute atomic E-state index is 0.00392. The van der Waals surface area contributed by atoms with Gasteiger partial charge in [0.15, 0.2) is 11.6 Å². The molecule has 11 aliphatic heterocycles. The molecule has 12 heteroatoms. The van der Waals surface area contributed by atoms with Crippen LogP contribution in [-0.2, 0) is 56.9 Å². The minimum Gasteiger partial charge on any atom is -0.378 e. The number of ether oxygens (including phenoxy) is 11. The molecule has 306 valence electrons. The summed E-state index contributed by atoms with van der Waals surface area (Å²) in [4.78, 5) is 14.2. The Labute approximate surface area is 325 Å². The van der Waals surface area contributed by atoms with Crippen molar-refractivity contribution in [3.8, 4) is 0 Å². The summed E-state index contributed by atoms with van der Waals surface area (Å²) in [7, 11) is 1.73. The van der Waals surface area contributed by atoms with Crippen LogP contribution >= 0.6 is 0 Å². The van der Waals surface area contributed by atoms with E-state index >= 15 is 0 Å². The highest BCUT2D eigenvalue weighted by atomic mass is 16.8. The first-order chi connectivity index (χ1) is 26.4. The molecule has 2 unspecified atom stereocenters. The number of hydrogen-bond acceptors (Lipinski definition) is 12. The molecule has 11 saturated heterocycles. The lowest BCUT2D eigenvalue weighted by molar-refractivity contribution is -0.292. The Hall–Kier alpha value is -1.29. The zero-order chi connectivity index (χ0) is 37.8. The number of Topliss-reactive ketones (excluding diaryl/α,β-unsaturated/α-hetero) is 1. The quantitative estimate of drug-likeness (QED) is 0.348. The SMILES string of the molecule is C=C1C[C@@H]2CC[C@@]34C[C@H]5O[C@H]6C(O3)[C@H]3O[C@H](CC[C@@H]3O[C@H]6C5O4)CC(=O)C[C@@H]3[C@@H](OC)[C@@H](C[C@H]4COC(C)(C)O4)O[C@H]3C[C@H]3O[C@@H](CC[C@@H]1O2)C[C@@H](C)C3=C. The van der Waals surface area contributed by atoms with E-state index in [-0.39, 0.29) is 109 Å². The van der Waals surface area contributed by atoms with Gasteiger partial charge < -0.3 is 52.1 Å². The maximum atomic E-state index is 14.2. The predicted octanol–water partition coefficient (Wildman–Crippen LogP) is 5.27. The fourth-order valence-corrected chi connectivity index (χ4v) is 12.1. The number of ketones is 1. The van der Waals surface area contributed by atoms with Crippen LogP contribution in [0.1, 0.15) is 104 Å². The smallest absolute Gasteiger partial charge is 0.172 e. The summed E-state index contributed by atoms with van der Waals surface area (Å²) in [6.07, 6.45) is 6.46. The van der Waals surface area contributed by atoms with E-state index in [4.69, 9.17) is 52.1 Å². The second kappa shape index (κ2) is 14.5. The molecular weight excluding hydrogens is 708 g/mol. The lowest BCUT2D eigenvalue weighted by Gasteiger charge is -2.47. The van der Waals surface area contributed by atoms with E-state index in [0.717, 1.165) is 56.1 Å². The first-order valence-corrected chi connectivity index (χ1v) is 21.4. The summed E-state index contributed by atoms with van der Waals surface area (Å²) >= 11 is 0. The third-order valence-electron chi connectivity index (χ3n) is 14.8. The van der Waals surface area contributed by atoms with Crippen LogP contribution in [0.15, 0.2) is 24.3 Å². The molecule has 11 aliphatic rings. The summed E-state index contributed by atoms with van der Waals surface area (Å²) in [5, 5.41) is 0. The molecule has 11 heterocycles. The molecule has 0 amide bonds. The maximum Gasteiger partial charge on any atom is 0.172 e. The van der Waals surface area contributed by atoms with Crippen molar-refractivity contribution >= 4 is 5.78 Å². The molecule has 11 rings (SSSR count). The highest BCUT2D eigenvalue weighted by molar-refractivity contribution is 5.79. The molecule has 0 radical (unpaired) electrons. The molecule has 11 fully saturated rings. The summed E-state index contributed by atoms with van der Waals surface area (Å²) in [6.45, 7) is 15.6. The van der Waals surface area contributed by atoms with Crippen LogP contribution in [0.25, 0.3) is 0 Å². The molecule has 0 aromatic rings. The molecule has 0 saturated carbocycles. The fourth-order valence-electron chi connectivity index (χ4n) is 12.1. The van der Waals surface area contributed by atoms with Gasteiger partial charge in [0.05, 0.1) is 73.8 Å². The van der Waals surface area contributed by atoms with Gasteiger partial charge in [-0.25, -0.2) is 0 Å². The molecule has 0 N–H and O–H groups in total. The van der Waals surface area contributed by atoms with Gasteiger partial charge >= 0.3 is 0 Å². The van der Waals surface area contributed by atoms with E-state index in [2.05, 4.69) is 20.1 Å². The van der Waals surface area contributed by atoms with Crippen LogP contribution in [0.3, 0.4) is 0 Å². The summed E-state index contributed by atoms with van der Waals surface area (Å²) in [5.74, 6) is -1.13. The number of hydrogen-bond donors (Lipinski definition) is 0. The van der Waals surface area contributed by atoms with Crippen molar-refractivity contribution < 1.29 is 56.9 Å². The van der Waals surface area contributed by atoms with E-state index in [1.54, 1.807) is 7.11 Å². The molecule has 0 aromatic heterocycles. The average molecular weight is 771 g/mol. The van der Waals surface area contributed by atoms with E-state index in [0.29, 0.717) is 51.0 Å². The van der Waals surface area contributed by atoms with Crippen molar-refractivity contribution in [2.75, 3.05) is 13.7 Å². The zero-order valence-corrected chi connectivity index (χ0v) is 33.1. The molecule has 12 bridgehead atoms. The Kier molecular flexibility index (Phi) is 9.98. The molecule has 1 spiro atoms. The van der Waals surface area contributed by atoms with Crippen LogP contribution in [-0.4, -0.2) is 129 Å². The number of fused-ring (bicyclic) bond motifs is 6. The number of rotatable bonds is 3. The predicted molar refractivity (Wildman–Crippen MR) is 196 cm³/mol. The second-order valence-corrected chi connectivity index (χ2v) is 19.0. The van der Waals surface area contributed by atoms with Crippen molar-refractivity contribution in [1.82, 2.24) is 0 Å². The fraction of sp³-hybridized carbons (Fsp3) is 0.884. The van der Waals surface area contributed by atoms with Gasteiger partial charge in [0.25, 0.3) is 0 Å². The Balaban J connectivity index is 0.924. The van der Waals surface area contributed by atoms with Crippen molar-refractivity contribution in [1.29, 1.82) is 0 Å². The van der Waals surface area contributed by atoms with Gasteiger partial charge in [0.1, 0.15) is 36.3 Å². The van der Waals surface area contributed by atoms with Gasteiger partial charge in [-0.1, -0.05) is 20.1 Å². The van der Waals surface area contributed by atoms with E-state index in [1.165, 1.54) is 0 Å². The van der Waals surface area contributed by atoms with Gasteiger partial charge in [0, 0.05) is 51.6 Å². The zero-order valence-electron chi connectivity index (χ0n) is 33.1. The van der Waals surface area contributed by atoms with Gasteiger partial charge in [-0.05, 0) is 75.9 Å². The topological polar surface area (TPSA) is 119 Å². The molecule has 12 nitrogen and oxygen atoms in total. The maximum absolute atomic E-state index is 14.2. The third kappa shape index (κ3) is 7.04. The van der Waals surface area contributed by atoms with E-state index in [9.17, 15) is 4.79 Å². The summed E-state index contributed by atoms with van der Waals surface area (Å²) < 4.78 is 72.8. The highest BCUT2D eigenvalue weighted by Crippen LogP contribution is 2.54. The van der Waals surface area contributed by atoms with E-state index < -0.39 is 11.6 Å². The van der Waals surface area contributed by atoms with E-state index in [1.807, 2.05) is 13.8 Å². The summed E-state index contributed by atoms with van der Waals surface area (Å²) in [6, 6.07) is 0. The standard InChI is InChI=1S/C43H62O12/c1-21-13-25-7-9-30-22(2)14-27(47-30)11-12-43-19-35-38(54-43)39-40(52-35)41(55-43)37-31(51-39)10-8-26(49-37)15-24(44)16-29-33(18-32(48-25)23(21)3)50-34(36(29)45-6)17-28-20-46-42(4,5)53-28/h21,25-41H,2-3,7-20H2,1,4-6H3/t21-,25+,26-,27+,28+,29+,30+,31+,32-,33+,34-,35-,36-,37+,38?,39+,40-,41?,43+/m1/s1. The van der Waals surface area contributed by atoms with Crippen molar-refractivity contribution in [3.63, 3.8) is 0 Å². The van der Waals surface area contributed by atoms with Gasteiger partial charge in [-0.15, -0.1) is 0 Å². The first-order valence-electron chi connectivity index (χ1n) is 21.4. The largest absolute Gasteiger partial charge is 0.378 e. The van der Waals surface area contributed by atoms with Crippen molar-refractivity contribution in [2.24, 2.45) is 11.8 Å². The minimum atomic E-state index is -0.772. The van der Waals surface area contributed by atoms with Gasteiger partial charge in [-0.3, -0.25) is 4.79 Å². The Morgan fingerprint density at radius 2 is 1.49 bits per heavy atom. The molecular formula is C43H62O12. The van der Waals surface area contributed by atoms with Gasteiger partial charge in [0.2, 0.25) is 0 Å². The van der Waals surface area contributed by atoms with Crippen molar-refractivity contribution in [2.45, 2.75) is 213 Å². The molecule has 0 aliphatic carbocycles. The number of carbonyl (C=O) groups excluding carboxylic acids is 1. The lowest BCUT2D eigenvalue weighted by atomic mass is 9.81. The number of carbonyl (C=O) groups is 1. The van der Waals surface area contributed by atoms with Crippen LogP contribution in [0.2, 0.25) is 0 Å². The van der Waals surface area contributed by atoms with Crippen molar-refractivity contribution in [3.05, 3.63) is 24.3 Å². The van der Waals surface area contributed by atoms with Crippen LogP contribution in [0.5, 0.6) is 0 Å². The average Bonchev–Trinajstić information content (AvgIpc) is 3.90. The molecule has 19 atom stereocenters. The van der Waals surface area contributed by atoms with Crippen LogP contribution in [0.4, 0.5) is 0 Å². The second-order valence-electron chi connectivity index (χ2n) is 19.0. The van der Waals surface area contributed by atoms with Crippen LogP contribution in [0, 0.1) is 11.8 Å². The molecule has 55 heavy (non-hydrogen) atoms. The lowest BCUT2D eigenvalue weighted by Crippen LogP contribution is -2.61. The van der Waals surface area contributed by atoms with Gasteiger partial charge in [-0.2, -0.15) is 0 Å². The Morgan fingerprint density at radius 3 is 2.31 bits per heavy atom. The molecule has 0 aromatic carbocycles. The summed E-state index contributed by atoms with van der Waals surface area (Å²) in [5.41, 5.74) is 2.25. The Bertz CT molecular complexity index is 1500. The normalized spacial score (nSPS) is 53.3. The highest BCUT2D eigenvalue weighted by Gasteiger charge is 2.68. The number of methoxy groups -OCH3 is 1. The first kappa shape index (κ1) is 37.9. The third-order valence-corrected chi connectivity index (χ3v) is 14.8. The Morgan fingerprint density at radius 1 is 0.727 bits per heavy atom. The monoisotopic (exact) mass is 770 g/mol.